The van der Waals surface area contributed by atoms with Gasteiger partial charge in [-0.2, -0.15) is 0 Å². The van der Waals surface area contributed by atoms with Crippen molar-refractivity contribution in [2.24, 2.45) is 41.4 Å². The molecule has 0 spiro atoms. The van der Waals surface area contributed by atoms with Crippen LogP contribution in [0.1, 0.15) is 293 Å². The summed E-state index contributed by atoms with van der Waals surface area (Å²) in [6.07, 6.45) is 40.9. The highest BCUT2D eigenvalue weighted by Gasteiger charge is 2.36. The number of benzene rings is 8. The zero-order valence-electron chi connectivity index (χ0n) is 70.3. The van der Waals surface area contributed by atoms with Gasteiger partial charge in [-0.15, -0.1) is 0 Å². The minimum absolute atomic E-state index is 0.546. The maximum Gasteiger partial charge on any atom is 0.0547 e. The molecular weight excluding hydrogens is 1290 g/mol. The van der Waals surface area contributed by atoms with Crippen LogP contribution in [0.4, 0.5) is 0 Å². The second-order valence-electron chi connectivity index (χ2n) is 31.6. The first-order chi connectivity index (χ1) is 52.3. The molecule has 6 atom stereocenters. The molecule has 0 radical (unpaired) electrons. The largest absolute Gasteiger partial charge is 0.381 e. The average Bonchev–Trinajstić information content (AvgIpc) is 1.36. The fourth-order valence-electron chi connectivity index (χ4n) is 14.5. The molecule has 6 aliphatic carbocycles. The van der Waals surface area contributed by atoms with E-state index in [0.29, 0.717) is 6.10 Å². The molecule has 8 aromatic carbocycles. The Labute approximate surface area is 659 Å². The van der Waals surface area contributed by atoms with Gasteiger partial charge in [0.2, 0.25) is 0 Å². The SMILES string of the molecule is CC1CC2CCC1C2.CC1CCCC1.CC1CCCO1.CC1CCOC1.CC1CCc2ccccc21.CC1Cc2ccccc2C1.CCC#Cc1ccccc1.CCC1CC1.CCCCCc1ccccc1.CCCCc1ccccc1.CCCc1ccccc1.CCc1ccccc1.CCc1ccccc1. The Bertz CT molecular complexity index is 3230. The van der Waals surface area contributed by atoms with Crippen LogP contribution in [0.5, 0.6) is 0 Å². The number of hydrogen-bond acceptors (Lipinski definition) is 2. The van der Waals surface area contributed by atoms with Gasteiger partial charge in [-0.05, 0) is 226 Å². The molecule has 8 aliphatic rings. The highest BCUT2D eigenvalue weighted by molar-refractivity contribution is 5.35. The lowest BCUT2D eigenvalue weighted by atomic mass is 9.91. The fraction of sp³-hybridized carbons (Fsp3) is 0.524. The molecule has 0 aromatic heterocycles. The third-order valence-corrected chi connectivity index (χ3v) is 21.7. The number of unbranched alkanes of at least 4 members (excludes halogenated alkanes) is 3. The number of aryl methyl sites for hydroxylation is 6. The predicted molar refractivity (Wildman–Crippen MR) is 471 cm³/mol. The lowest BCUT2D eigenvalue weighted by molar-refractivity contribution is 0.125. The molecule has 4 saturated carbocycles. The van der Waals surface area contributed by atoms with Crippen LogP contribution in [0.2, 0.25) is 0 Å². The molecule has 2 aliphatic heterocycles. The van der Waals surface area contributed by atoms with Crippen LogP contribution in [0.25, 0.3) is 0 Å². The van der Waals surface area contributed by atoms with Crippen molar-refractivity contribution in [3.8, 4) is 11.8 Å². The van der Waals surface area contributed by atoms with Gasteiger partial charge < -0.3 is 9.47 Å². The van der Waals surface area contributed by atoms with Crippen molar-refractivity contribution in [2.45, 2.75) is 295 Å². The van der Waals surface area contributed by atoms with E-state index in [0.717, 1.165) is 92.0 Å². The van der Waals surface area contributed by atoms with Crippen LogP contribution in [0, 0.1) is 53.3 Å². The number of rotatable bonds is 12. The van der Waals surface area contributed by atoms with E-state index in [1.54, 1.807) is 47.9 Å². The van der Waals surface area contributed by atoms with Crippen molar-refractivity contribution in [3.05, 3.63) is 286 Å². The van der Waals surface area contributed by atoms with Gasteiger partial charge in [0, 0.05) is 31.8 Å². The molecule has 2 saturated heterocycles. The van der Waals surface area contributed by atoms with Crippen molar-refractivity contribution in [1.82, 2.24) is 0 Å². The zero-order valence-corrected chi connectivity index (χ0v) is 70.3. The third-order valence-electron chi connectivity index (χ3n) is 21.7. The minimum Gasteiger partial charge on any atom is -0.381 e. The first-order valence-corrected chi connectivity index (χ1v) is 43.4. The van der Waals surface area contributed by atoms with Crippen LogP contribution < -0.4 is 0 Å². The van der Waals surface area contributed by atoms with E-state index in [9.17, 15) is 0 Å². The van der Waals surface area contributed by atoms with Crippen LogP contribution in [0.3, 0.4) is 0 Å². The molecule has 16 rings (SSSR count). The Morgan fingerprint density at radius 1 is 0.374 bits per heavy atom. The van der Waals surface area contributed by atoms with E-state index in [1.807, 2.05) is 42.5 Å². The number of fused-ring (bicyclic) bond motifs is 4. The smallest absolute Gasteiger partial charge is 0.0547 e. The van der Waals surface area contributed by atoms with Gasteiger partial charge in [0.25, 0.3) is 0 Å². The highest BCUT2D eigenvalue weighted by atomic mass is 16.5. The Kier molecular flexibility index (Phi) is 52.9. The Morgan fingerprint density at radius 2 is 0.850 bits per heavy atom. The van der Waals surface area contributed by atoms with Gasteiger partial charge in [-0.25, -0.2) is 0 Å². The minimum atomic E-state index is 0.546. The highest BCUT2D eigenvalue weighted by Crippen LogP contribution is 2.48. The Hall–Kier alpha value is -6.76. The average molecular weight is 1450 g/mol. The van der Waals surface area contributed by atoms with E-state index in [-0.39, 0.29) is 0 Å². The van der Waals surface area contributed by atoms with Crippen LogP contribution in [-0.2, 0) is 60.8 Å². The van der Waals surface area contributed by atoms with Crippen molar-refractivity contribution in [3.63, 3.8) is 0 Å². The lowest BCUT2D eigenvalue weighted by Gasteiger charge is -2.15. The van der Waals surface area contributed by atoms with Crippen LogP contribution in [0.15, 0.2) is 231 Å². The quantitative estimate of drug-likeness (QED) is 0.0897. The molecule has 8 aromatic rings. The molecule has 6 fully saturated rings. The third kappa shape index (κ3) is 45.7. The lowest BCUT2D eigenvalue weighted by Crippen LogP contribution is -2.04. The Morgan fingerprint density at radius 3 is 1.17 bits per heavy atom. The maximum absolute atomic E-state index is 5.15. The molecule has 107 heavy (non-hydrogen) atoms. The summed E-state index contributed by atoms with van der Waals surface area (Å²) in [6, 6.07) is 80.4. The summed E-state index contributed by atoms with van der Waals surface area (Å²) >= 11 is 0. The van der Waals surface area contributed by atoms with Gasteiger partial charge in [-0.1, -0.05) is 390 Å². The van der Waals surface area contributed by atoms with Crippen molar-refractivity contribution >= 4 is 0 Å². The van der Waals surface area contributed by atoms with Crippen molar-refractivity contribution in [1.29, 1.82) is 0 Å². The summed E-state index contributed by atoms with van der Waals surface area (Å²) < 4.78 is 10.2. The molecule has 584 valence electrons. The molecule has 0 N–H and O–H groups in total. The second kappa shape index (κ2) is 61.1. The van der Waals surface area contributed by atoms with Gasteiger partial charge in [0.1, 0.15) is 0 Å². The second-order valence-corrected chi connectivity index (χ2v) is 31.6. The van der Waals surface area contributed by atoms with Gasteiger partial charge in [0.05, 0.1) is 6.10 Å². The normalized spacial score (nSPS) is 18.9. The Balaban J connectivity index is 0.000000246. The molecular formula is C105H152O2. The van der Waals surface area contributed by atoms with Crippen LogP contribution in [-0.4, -0.2) is 25.9 Å². The van der Waals surface area contributed by atoms with Gasteiger partial charge >= 0.3 is 0 Å². The van der Waals surface area contributed by atoms with E-state index < -0.39 is 0 Å². The standard InChI is InChI=1S/C11H16.2C10H12.C10H14.C10H10.C9H12.C8H14.2C8H10.C6H12.2C5H10O.C5H10/c1-2-3-5-8-11-9-6-4-7-10-11;1-8-6-9-4-2-3-5-10(9)7-8;1-8-6-7-9-4-2-3-5-10(8)9;2*1-2-3-7-10-8-5-4-6-9-10;1-2-6-9-7-4-3-5-8-9;1-6-4-7-2-3-8(6)5-7;2*1-2-8-6-4-3-5-7-8;1-6-4-2-3-5-6;1-5-2-3-6-4-5;1-5-3-2-4-6-5;1-2-5-3-4-5/h4,6-7,9-10H,2-3,5,8H2,1H3;2*2-5,8H,6-7H2,1H3;4-6,8-9H,2-3,7H2,1H3;4-6,8-9H,2H2,1H3;3-5,7-8H,2,6H2,1H3;6-8H,2-5H2,1H3;2*3-7H,2H2,1H3;6H,2-5H2,1H3;2*5H,2-4H2,1H3;5H,2-4H2,1H3. The van der Waals surface area contributed by atoms with E-state index in [4.69, 9.17) is 9.47 Å². The number of ether oxygens (including phenoxy) is 2. The summed E-state index contributed by atoms with van der Waals surface area (Å²) in [5, 5.41) is 0. The molecule has 2 nitrogen and oxygen atoms in total. The summed E-state index contributed by atoms with van der Waals surface area (Å²) in [5.74, 6) is 14.1. The van der Waals surface area contributed by atoms with Gasteiger partial charge in [-0.3, -0.25) is 0 Å². The van der Waals surface area contributed by atoms with Crippen molar-refractivity contribution < 1.29 is 9.47 Å². The molecule has 2 bridgehead atoms. The molecule has 2 heteroatoms. The van der Waals surface area contributed by atoms with Crippen LogP contribution >= 0.6 is 0 Å². The first-order valence-electron chi connectivity index (χ1n) is 43.4. The topological polar surface area (TPSA) is 18.5 Å². The maximum atomic E-state index is 5.15. The van der Waals surface area contributed by atoms with E-state index in [1.165, 1.54) is 175 Å². The van der Waals surface area contributed by atoms with Crippen molar-refractivity contribution in [2.75, 3.05) is 19.8 Å². The van der Waals surface area contributed by atoms with Gasteiger partial charge in [0.15, 0.2) is 0 Å². The summed E-state index contributed by atoms with van der Waals surface area (Å²) in [6.45, 7) is 32.0. The number of hydrogen-bond donors (Lipinski definition) is 0. The fourth-order valence-corrected chi connectivity index (χ4v) is 14.5. The van der Waals surface area contributed by atoms with E-state index in [2.05, 4.69) is 290 Å². The molecule has 0 amide bonds. The molecule has 2 heterocycles. The van der Waals surface area contributed by atoms with E-state index >= 15 is 0 Å². The first kappa shape index (κ1) is 92.6. The summed E-state index contributed by atoms with van der Waals surface area (Å²) in [4.78, 5) is 0. The summed E-state index contributed by atoms with van der Waals surface area (Å²) in [7, 11) is 0. The zero-order chi connectivity index (χ0) is 77.0. The predicted octanol–water partition coefficient (Wildman–Crippen LogP) is 29.9. The monoisotopic (exact) mass is 1450 g/mol. The molecule has 6 unspecified atom stereocenters. The summed E-state index contributed by atoms with van der Waals surface area (Å²) in [5.41, 5.74) is 14.6.